The fourth-order valence-corrected chi connectivity index (χ4v) is 2.95. The van der Waals surface area contributed by atoms with E-state index >= 15 is 0 Å². The molecule has 18 heavy (non-hydrogen) atoms. The lowest BCUT2D eigenvalue weighted by atomic mass is 10.00. The summed E-state index contributed by atoms with van der Waals surface area (Å²) in [5.74, 6) is -0.455. The number of pyridine rings is 1. The van der Waals surface area contributed by atoms with Crippen LogP contribution < -0.4 is 10.2 Å². The molecule has 3 heterocycles. The van der Waals surface area contributed by atoms with Crippen molar-refractivity contribution in [2.24, 2.45) is 11.8 Å². The number of carbonyl (C=O) groups is 2. The SMILES string of the molecule is O=C1NC(=O)[C@@H]2CN(c3ncc(Cl)cc3Cl)C[C@H]12. The molecule has 1 N–H and O–H groups in total. The van der Waals surface area contributed by atoms with E-state index in [0.29, 0.717) is 29.0 Å². The quantitative estimate of drug-likeness (QED) is 0.785. The second-order valence-electron chi connectivity index (χ2n) is 4.43. The van der Waals surface area contributed by atoms with Crippen molar-refractivity contribution in [1.29, 1.82) is 0 Å². The number of carbonyl (C=O) groups excluding carboxylic acids is 2. The van der Waals surface area contributed by atoms with Gasteiger partial charge in [0.2, 0.25) is 11.8 Å². The van der Waals surface area contributed by atoms with Gasteiger partial charge in [0.15, 0.2) is 0 Å². The van der Waals surface area contributed by atoms with Crippen LogP contribution in [0.1, 0.15) is 0 Å². The largest absolute Gasteiger partial charge is 0.354 e. The van der Waals surface area contributed by atoms with Crippen LogP contribution in [0.2, 0.25) is 10.0 Å². The average molecular weight is 286 g/mol. The number of hydrogen-bond donors (Lipinski definition) is 1. The molecule has 5 nitrogen and oxygen atoms in total. The number of nitrogens with zero attached hydrogens (tertiary/aromatic N) is 2. The minimum absolute atomic E-state index is 0.211. The van der Waals surface area contributed by atoms with Gasteiger partial charge in [0, 0.05) is 19.3 Å². The zero-order valence-electron chi connectivity index (χ0n) is 9.19. The molecule has 0 unspecified atom stereocenters. The molecule has 1 aromatic rings. The molecule has 2 fully saturated rings. The molecule has 0 bridgehead atoms. The number of rotatable bonds is 1. The van der Waals surface area contributed by atoms with Gasteiger partial charge < -0.3 is 4.90 Å². The number of amides is 2. The fraction of sp³-hybridized carbons (Fsp3) is 0.364. The van der Waals surface area contributed by atoms with Gasteiger partial charge in [-0.25, -0.2) is 4.98 Å². The summed E-state index contributed by atoms with van der Waals surface area (Å²) in [4.78, 5) is 29.1. The lowest BCUT2D eigenvalue weighted by Gasteiger charge is -2.19. The van der Waals surface area contributed by atoms with Crippen LogP contribution in [0.15, 0.2) is 12.3 Å². The summed E-state index contributed by atoms with van der Waals surface area (Å²) in [7, 11) is 0. The standard InChI is InChI=1S/C11H9Cl2N3O2/c12-5-1-8(13)9(14-2-5)16-3-6-7(4-16)11(18)15-10(6)17/h1-2,6-7H,3-4H2,(H,15,17,18)/t6-,7+. The van der Waals surface area contributed by atoms with Gasteiger partial charge in [0.1, 0.15) is 5.82 Å². The zero-order chi connectivity index (χ0) is 12.9. The lowest BCUT2D eigenvalue weighted by molar-refractivity contribution is -0.126. The first-order valence-corrected chi connectivity index (χ1v) is 6.22. The topological polar surface area (TPSA) is 62.3 Å². The number of hydrogen-bond acceptors (Lipinski definition) is 4. The van der Waals surface area contributed by atoms with E-state index in [1.54, 1.807) is 6.07 Å². The van der Waals surface area contributed by atoms with Gasteiger partial charge in [-0.05, 0) is 6.07 Å². The first-order valence-electron chi connectivity index (χ1n) is 5.47. The van der Waals surface area contributed by atoms with E-state index in [9.17, 15) is 9.59 Å². The Kier molecular flexibility index (Phi) is 2.68. The number of nitrogens with one attached hydrogen (secondary N) is 1. The number of imide groups is 1. The van der Waals surface area contributed by atoms with E-state index in [-0.39, 0.29) is 23.7 Å². The van der Waals surface area contributed by atoms with Crippen molar-refractivity contribution >= 4 is 40.8 Å². The molecule has 2 saturated heterocycles. The molecule has 2 aliphatic heterocycles. The van der Waals surface area contributed by atoms with E-state index < -0.39 is 0 Å². The molecule has 2 aliphatic rings. The predicted molar refractivity (Wildman–Crippen MR) is 66.6 cm³/mol. The molecule has 0 radical (unpaired) electrons. The van der Waals surface area contributed by atoms with Gasteiger partial charge in [-0.1, -0.05) is 23.2 Å². The molecule has 3 rings (SSSR count). The maximum absolute atomic E-state index is 11.5. The molecule has 2 amide bonds. The van der Waals surface area contributed by atoms with Gasteiger partial charge in [-0.15, -0.1) is 0 Å². The van der Waals surface area contributed by atoms with Crippen molar-refractivity contribution in [2.45, 2.75) is 0 Å². The van der Waals surface area contributed by atoms with Crippen molar-refractivity contribution in [3.63, 3.8) is 0 Å². The Bertz CT molecular complexity index is 527. The van der Waals surface area contributed by atoms with Gasteiger partial charge in [0.25, 0.3) is 0 Å². The fourth-order valence-electron chi connectivity index (χ4n) is 2.45. The highest BCUT2D eigenvalue weighted by Crippen LogP contribution is 2.34. The highest BCUT2D eigenvalue weighted by atomic mass is 35.5. The second-order valence-corrected chi connectivity index (χ2v) is 5.27. The average Bonchev–Trinajstić information content (AvgIpc) is 2.82. The molecule has 2 atom stereocenters. The van der Waals surface area contributed by atoms with E-state index in [1.165, 1.54) is 6.20 Å². The first kappa shape index (κ1) is 11.7. The van der Waals surface area contributed by atoms with E-state index in [0.717, 1.165) is 0 Å². The number of fused-ring (bicyclic) bond motifs is 1. The van der Waals surface area contributed by atoms with Crippen LogP contribution in [-0.4, -0.2) is 29.9 Å². The van der Waals surface area contributed by atoms with E-state index in [1.807, 2.05) is 4.90 Å². The molecule has 0 aliphatic carbocycles. The summed E-state index contributed by atoms with van der Waals surface area (Å²) >= 11 is 11.8. The number of aromatic nitrogens is 1. The Morgan fingerprint density at radius 3 is 2.39 bits per heavy atom. The number of anilines is 1. The Morgan fingerprint density at radius 1 is 1.22 bits per heavy atom. The predicted octanol–water partition coefficient (Wildman–Crippen LogP) is 1.10. The van der Waals surface area contributed by atoms with Crippen LogP contribution in [0, 0.1) is 11.8 Å². The van der Waals surface area contributed by atoms with Crippen LogP contribution in [0.4, 0.5) is 5.82 Å². The van der Waals surface area contributed by atoms with Crippen LogP contribution in [-0.2, 0) is 9.59 Å². The molecular formula is C11H9Cl2N3O2. The summed E-state index contributed by atoms with van der Waals surface area (Å²) in [6.45, 7) is 0.910. The third kappa shape index (κ3) is 1.74. The normalized spacial score (nSPS) is 26.4. The summed E-state index contributed by atoms with van der Waals surface area (Å²) < 4.78 is 0. The molecule has 94 valence electrons. The molecular weight excluding hydrogens is 277 g/mol. The third-order valence-corrected chi connectivity index (χ3v) is 3.81. The van der Waals surface area contributed by atoms with Crippen molar-refractivity contribution in [3.05, 3.63) is 22.3 Å². The third-order valence-electron chi connectivity index (χ3n) is 3.33. The molecule has 1 aromatic heterocycles. The summed E-state index contributed by atoms with van der Waals surface area (Å²) in [6, 6.07) is 1.60. The van der Waals surface area contributed by atoms with E-state index in [4.69, 9.17) is 23.2 Å². The van der Waals surface area contributed by atoms with Gasteiger partial charge in [-0.3, -0.25) is 14.9 Å². The van der Waals surface area contributed by atoms with Crippen molar-refractivity contribution in [3.8, 4) is 0 Å². The first-order chi connectivity index (χ1) is 8.56. The lowest BCUT2D eigenvalue weighted by Crippen LogP contribution is -2.31. The Hall–Kier alpha value is -1.33. The highest BCUT2D eigenvalue weighted by Gasteiger charge is 2.48. The van der Waals surface area contributed by atoms with Gasteiger partial charge in [0.05, 0.1) is 21.9 Å². The van der Waals surface area contributed by atoms with Crippen molar-refractivity contribution in [1.82, 2.24) is 10.3 Å². The Morgan fingerprint density at radius 2 is 1.83 bits per heavy atom. The summed E-state index contributed by atoms with van der Waals surface area (Å²) in [5, 5.41) is 3.22. The van der Waals surface area contributed by atoms with E-state index in [2.05, 4.69) is 10.3 Å². The Labute approximate surface area is 113 Å². The second kappa shape index (κ2) is 4.10. The summed E-state index contributed by atoms with van der Waals surface area (Å²) in [6.07, 6.45) is 1.50. The van der Waals surface area contributed by atoms with Crippen molar-refractivity contribution < 1.29 is 9.59 Å². The molecule has 7 heteroatoms. The smallest absolute Gasteiger partial charge is 0.232 e. The zero-order valence-corrected chi connectivity index (χ0v) is 10.7. The number of halogens is 2. The minimum Gasteiger partial charge on any atom is -0.354 e. The maximum atomic E-state index is 11.5. The maximum Gasteiger partial charge on any atom is 0.232 e. The van der Waals surface area contributed by atoms with Crippen LogP contribution in [0.5, 0.6) is 0 Å². The van der Waals surface area contributed by atoms with Crippen LogP contribution in [0.3, 0.4) is 0 Å². The van der Waals surface area contributed by atoms with Gasteiger partial charge >= 0.3 is 0 Å². The van der Waals surface area contributed by atoms with Crippen LogP contribution in [0.25, 0.3) is 0 Å². The minimum atomic E-state index is -0.300. The van der Waals surface area contributed by atoms with Crippen molar-refractivity contribution in [2.75, 3.05) is 18.0 Å². The molecule has 0 aromatic carbocycles. The van der Waals surface area contributed by atoms with Gasteiger partial charge in [-0.2, -0.15) is 0 Å². The summed E-state index contributed by atoms with van der Waals surface area (Å²) in [5.41, 5.74) is 0. The molecule has 0 spiro atoms. The Balaban J connectivity index is 1.88. The monoisotopic (exact) mass is 285 g/mol. The van der Waals surface area contributed by atoms with Crippen LogP contribution >= 0.6 is 23.2 Å². The highest BCUT2D eigenvalue weighted by molar-refractivity contribution is 6.36. The molecule has 0 saturated carbocycles.